The molecule has 6 heteroatoms. The first-order chi connectivity index (χ1) is 9.79. The van der Waals surface area contributed by atoms with Crippen molar-refractivity contribution in [1.29, 1.82) is 0 Å². The number of carbonyl (C=O) groups is 1. The number of rotatable bonds is 3. The third-order valence-corrected chi connectivity index (χ3v) is 3.17. The molecule has 0 heterocycles. The van der Waals surface area contributed by atoms with Crippen molar-refractivity contribution in [3.05, 3.63) is 58.6 Å². The minimum Gasteiger partial charge on any atom is -0.481 e. The third-order valence-electron chi connectivity index (χ3n) is 2.94. The monoisotopic (exact) mass is 314 g/mol. The van der Waals surface area contributed by atoms with E-state index >= 15 is 0 Å². The molecule has 0 aliphatic rings. The van der Waals surface area contributed by atoms with Crippen LogP contribution in [-0.2, 0) is 17.4 Å². The summed E-state index contributed by atoms with van der Waals surface area (Å²) in [7, 11) is 0. The predicted molar refractivity (Wildman–Crippen MR) is 73.2 cm³/mol. The van der Waals surface area contributed by atoms with Crippen LogP contribution < -0.4 is 0 Å². The van der Waals surface area contributed by atoms with Crippen molar-refractivity contribution in [3.63, 3.8) is 0 Å². The van der Waals surface area contributed by atoms with Gasteiger partial charge in [-0.25, -0.2) is 0 Å². The average molecular weight is 315 g/mol. The molecule has 0 bridgehead atoms. The third kappa shape index (κ3) is 3.55. The molecule has 0 saturated heterocycles. The summed E-state index contributed by atoms with van der Waals surface area (Å²) in [4.78, 5) is 10.9. The molecule has 1 N–H and O–H groups in total. The highest BCUT2D eigenvalue weighted by molar-refractivity contribution is 6.30. The summed E-state index contributed by atoms with van der Waals surface area (Å²) < 4.78 is 39.2. The molecule has 2 aromatic carbocycles. The largest absolute Gasteiger partial charge is 0.481 e. The van der Waals surface area contributed by atoms with Gasteiger partial charge >= 0.3 is 12.1 Å². The normalized spacial score (nSPS) is 11.4. The Hall–Kier alpha value is -2.01. The summed E-state index contributed by atoms with van der Waals surface area (Å²) in [6, 6.07) is 9.26. The van der Waals surface area contributed by atoms with Crippen LogP contribution in [0.5, 0.6) is 0 Å². The molecule has 2 rings (SSSR count). The lowest BCUT2D eigenvalue weighted by Gasteiger charge is -2.15. The zero-order chi connectivity index (χ0) is 15.6. The first-order valence-electron chi connectivity index (χ1n) is 5.96. The molecule has 2 nitrogen and oxygen atoms in total. The van der Waals surface area contributed by atoms with Gasteiger partial charge in [0, 0.05) is 5.02 Å². The molecule has 0 radical (unpaired) electrons. The molecule has 0 amide bonds. The lowest BCUT2D eigenvalue weighted by atomic mass is 9.94. The molecule has 0 aliphatic carbocycles. The summed E-state index contributed by atoms with van der Waals surface area (Å²) in [5.74, 6) is -1.12. The predicted octanol–water partition coefficient (Wildman–Crippen LogP) is 4.65. The second-order valence-corrected chi connectivity index (χ2v) is 4.85. The molecular weight excluding hydrogens is 305 g/mol. The standard InChI is InChI=1S/C15H10ClF3O2/c16-10-6-5-9(7-14(20)21)12(8-10)11-3-1-2-4-13(11)15(17,18)19/h1-6,8H,7H2,(H,20,21). The van der Waals surface area contributed by atoms with Gasteiger partial charge in [-0.3, -0.25) is 4.79 Å². The molecule has 110 valence electrons. The van der Waals surface area contributed by atoms with Gasteiger partial charge in [-0.1, -0.05) is 35.9 Å². The quantitative estimate of drug-likeness (QED) is 0.895. The molecule has 0 unspecified atom stereocenters. The lowest BCUT2D eigenvalue weighted by Crippen LogP contribution is -2.08. The number of alkyl halides is 3. The first kappa shape index (κ1) is 15.4. The fourth-order valence-corrected chi connectivity index (χ4v) is 2.25. The molecule has 0 saturated carbocycles. The fourth-order valence-electron chi connectivity index (χ4n) is 2.08. The van der Waals surface area contributed by atoms with E-state index < -0.39 is 17.7 Å². The highest BCUT2D eigenvalue weighted by Crippen LogP contribution is 2.38. The number of aliphatic carboxylic acids is 1. The fraction of sp³-hybridized carbons (Fsp3) is 0.133. The van der Waals surface area contributed by atoms with E-state index in [-0.39, 0.29) is 28.1 Å². The van der Waals surface area contributed by atoms with E-state index in [1.54, 1.807) is 0 Å². The highest BCUT2D eigenvalue weighted by Gasteiger charge is 2.33. The van der Waals surface area contributed by atoms with Gasteiger partial charge in [0.25, 0.3) is 0 Å². The Morgan fingerprint density at radius 2 is 1.76 bits per heavy atom. The van der Waals surface area contributed by atoms with Crippen molar-refractivity contribution in [2.45, 2.75) is 12.6 Å². The number of carboxylic acids is 1. The second-order valence-electron chi connectivity index (χ2n) is 4.42. The number of halogens is 4. The minimum atomic E-state index is -4.53. The number of hydrogen-bond acceptors (Lipinski definition) is 1. The Labute approximate surface area is 123 Å². The van der Waals surface area contributed by atoms with Crippen LogP contribution in [0.2, 0.25) is 5.02 Å². The molecule has 0 aromatic heterocycles. The van der Waals surface area contributed by atoms with Crippen molar-refractivity contribution in [2.75, 3.05) is 0 Å². The molecule has 21 heavy (non-hydrogen) atoms. The van der Waals surface area contributed by atoms with Gasteiger partial charge in [-0.05, 0) is 34.9 Å². The maximum absolute atomic E-state index is 13.1. The first-order valence-corrected chi connectivity index (χ1v) is 6.33. The molecule has 0 spiro atoms. The SMILES string of the molecule is O=C(O)Cc1ccc(Cl)cc1-c1ccccc1C(F)(F)F. The van der Waals surface area contributed by atoms with E-state index in [1.165, 1.54) is 36.4 Å². The summed E-state index contributed by atoms with van der Waals surface area (Å²) in [5.41, 5.74) is -0.441. The number of benzene rings is 2. The summed E-state index contributed by atoms with van der Waals surface area (Å²) in [6.45, 7) is 0. The topological polar surface area (TPSA) is 37.3 Å². The molecular formula is C15H10ClF3O2. The van der Waals surface area contributed by atoms with Crippen molar-refractivity contribution in [2.24, 2.45) is 0 Å². The van der Waals surface area contributed by atoms with Crippen LogP contribution in [-0.4, -0.2) is 11.1 Å². The summed E-state index contributed by atoms with van der Waals surface area (Å²) in [6.07, 6.45) is -4.90. The van der Waals surface area contributed by atoms with Gasteiger partial charge in [0.15, 0.2) is 0 Å². The zero-order valence-electron chi connectivity index (χ0n) is 10.6. The smallest absolute Gasteiger partial charge is 0.417 e. The van der Waals surface area contributed by atoms with Crippen LogP contribution in [0.25, 0.3) is 11.1 Å². The summed E-state index contributed by atoms with van der Waals surface area (Å²) >= 11 is 5.84. The van der Waals surface area contributed by atoms with Gasteiger partial charge in [-0.15, -0.1) is 0 Å². The minimum absolute atomic E-state index is 0.0799. The van der Waals surface area contributed by atoms with Crippen LogP contribution in [0.4, 0.5) is 13.2 Å². The Kier molecular flexibility index (Phi) is 4.23. The van der Waals surface area contributed by atoms with Gasteiger partial charge in [0.1, 0.15) is 0 Å². The average Bonchev–Trinajstić information content (AvgIpc) is 2.39. The van der Waals surface area contributed by atoms with E-state index in [9.17, 15) is 18.0 Å². The van der Waals surface area contributed by atoms with E-state index in [1.807, 2.05) is 0 Å². The maximum atomic E-state index is 13.1. The van der Waals surface area contributed by atoms with Gasteiger partial charge in [0.05, 0.1) is 12.0 Å². The molecule has 0 fully saturated rings. The number of hydrogen-bond donors (Lipinski definition) is 1. The van der Waals surface area contributed by atoms with Gasteiger partial charge in [0.2, 0.25) is 0 Å². The van der Waals surface area contributed by atoms with Crippen LogP contribution in [0.1, 0.15) is 11.1 Å². The van der Waals surface area contributed by atoms with Crippen LogP contribution in [0, 0.1) is 0 Å². The van der Waals surface area contributed by atoms with Crippen molar-refractivity contribution >= 4 is 17.6 Å². The van der Waals surface area contributed by atoms with Crippen LogP contribution >= 0.6 is 11.6 Å². The van der Waals surface area contributed by atoms with Crippen molar-refractivity contribution < 1.29 is 23.1 Å². The molecule has 0 atom stereocenters. The molecule has 2 aromatic rings. The lowest BCUT2D eigenvalue weighted by molar-refractivity contribution is -0.137. The van der Waals surface area contributed by atoms with E-state index in [0.717, 1.165) is 6.07 Å². The van der Waals surface area contributed by atoms with Crippen molar-refractivity contribution in [3.8, 4) is 11.1 Å². The Bertz CT molecular complexity index is 681. The second kappa shape index (κ2) is 5.77. The Balaban J connectivity index is 2.67. The van der Waals surface area contributed by atoms with Crippen LogP contribution in [0.15, 0.2) is 42.5 Å². The highest BCUT2D eigenvalue weighted by atomic mass is 35.5. The molecule has 0 aliphatic heterocycles. The Morgan fingerprint density at radius 1 is 1.10 bits per heavy atom. The van der Waals surface area contributed by atoms with Gasteiger partial charge in [-0.2, -0.15) is 13.2 Å². The van der Waals surface area contributed by atoms with Crippen LogP contribution in [0.3, 0.4) is 0 Å². The Morgan fingerprint density at radius 3 is 2.38 bits per heavy atom. The van der Waals surface area contributed by atoms with Crippen molar-refractivity contribution in [1.82, 2.24) is 0 Å². The van der Waals surface area contributed by atoms with E-state index in [4.69, 9.17) is 16.7 Å². The summed E-state index contributed by atoms with van der Waals surface area (Å²) in [5, 5.41) is 9.13. The van der Waals surface area contributed by atoms with Gasteiger partial charge < -0.3 is 5.11 Å². The number of carboxylic acid groups (broad SMARTS) is 1. The van der Waals surface area contributed by atoms with E-state index in [0.29, 0.717) is 0 Å². The van der Waals surface area contributed by atoms with E-state index in [2.05, 4.69) is 0 Å². The zero-order valence-corrected chi connectivity index (χ0v) is 11.4. The maximum Gasteiger partial charge on any atom is 0.417 e.